The van der Waals surface area contributed by atoms with E-state index in [4.69, 9.17) is 9.31 Å². The Morgan fingerprint density at radius 2 is 1.19 bits per heavy atom. The average molecular weight is 368 g/mol. The van der Waals surface area contributed by atoms with E-state index in [1.54, 1.807) is 0 Å². The predicted molar refractivity (Wildman–Crippen MR) is 103 cm³/mol. The van der Waals surface area contributed by atoms with Gasteiger partial charge in [-0.1, -0.05) is 42.5 Å². The molecule has 1 fully saturated rings. The summed E-state index contributed by atoms with van der Waals surface area (Å²) in [6.45, 7) is -2.41. The summed E-state index contributed by atoms with van der Waals surface area (Å²) in [4.78, 5) is 0. The lowest BCUT2D eigenvalue weighted by Crippen LogP contribution is -2.61. The molecule has 3 aromatic carbocycles. The maximum Gasteiger partial charge on any atom is 0.495 e. The molecule has 140 valence electrons. The first-order chi connectivity index (χ1) is 13.1. The van der Waals surface area contributed by atoms with Gasteiger partial charge in [0, 0.05) is 0 Å². The molecule has 4 rings (SSSR count). The van der Waals surface area contributed by atoms with E-state index in [0.717, 1.165) is 21.5 Å². The van der Waals surface area contributed by atoms with Gasteiger partial charge in [-0.2, -0.15) is 0 Å². The first-order valence-corrected chi connectivity index (χ1v) is 8.82. The SMILES string of the molecule is OCC1(CO)OB(c2cccc3cc4ccccc4cc23)OC1(CO)CO. The van der Waals surface area contributed by atoms with E-state index in [1.165, 1.54) is 0 Å². The fourth-order valence-electron chi connectivity index (χ4n) is 3.80. The highest BCUT2D eigenvalue weighted by atomic mass is 16.7. The molecular weight excluding hydrogens is 347 g/mol. The molecule has 0 bridgehead atoms. The van der Waals surface area contributed by atoms with E-state index in [9.17, 15) is 20.4 Å². The van der Waals surface area contributed by atoms with E-state index < -0.39 is 44.7 Å². The van der Waals surface area contributed by atoms with Gasteiger partial charge >= 0.3 is 7.12 Å². The van der Waals surface area contributed by atoms with Crippen LogP contribution in [0, 0.1) is 0 Å². The molecule has 7 heteroatoms. The van der Waals surface area contributed by atoms with Crippen LogP contribution in [0.15, 0.2) is 54.6 Å². The Labute approximate surface area is 156 Å². The van der Waals surface area contributed by atoms with E-state index in [2.05, 4.69) is 6.07 Å². The molecule has 1 saturated heterocycles. The number of aliphatic hydroxyl groups excluding tert-OH is 4. The molecule has 0 aromatic heterocycles. The van der Waals surface area contributed by atoms with Gasteiger partial charge in [0.1, 0.15) is 11.2 Å². The molecule has 0 aliphatic carbocycles. The number of hydrogen-bond acceptors (Lipinski definition) is 6. The van der Waals surface area contributed by atoms with Crippen molar-refractivity contribution in [2.75, 3.05) is 26.4 Å². The highest BCUT2D eigenvalue weighted by molar-refractivity contribution is 6.65. The van der Waals surface area contributed by atoms with E-state index in [1.807, 2.05) is 48.5 Å². The maximum absolute atomic E-state index is 9.85. The van der Waals surface area contributed by atoms with Crippen LogP contribution in [-0.4, -0.2) is 65.2 Å². The van der Waals surface area contributed by atoms with Gasteiger partial charge in [-0.05, 0) is 39.1 Å². The third-order valence-corrected chi connectivity index (χ3v) is 5.55. The zero-order chi connectivity index (χ0) is 19.1. The predicted octanol–water partition coefficient (Wildman–Crippen LogP) is 0.182. The van der Waals surface area contributed by atoms with Gasteiger partial charge < -0.3 is 29.7 Å². The highest BCUT2D eigenvalue weighted by Gasteiger charge is 2.62. The molecule has 3 aromatic rings. The Bertz CT molecular complexity index is 947. The Morgan fingerprint density at radius 3 is 1.74 bits per heavy atom. The molecule has 4 N–H and O–H groups in total. The Kier molecular flexibility index (Phi) is 4.67. The minimum atomic E-state index is -1.61. The topological polar surface area (TPSA) is 99.4 Å². The molecular formula is C20H21BO6. The van der Waals surface area contributed by atoms with Gasteiger partial charge in [-0.25, -0.2) is 0 Å². The van der Waals surface area contributed by atoms with Crippen molar-refractivity contribution < 1.29 is 29.7 Å². The molecule has 0 atom stereocenters. The van der Waals surface area contributed by atoms with Crippen LogP contribution >= 0.6 is 0 Å². The molecule has 6 nitrogen and oxygen atoms in total. The van der Waals surface area contributed by atoms with Crippen molar-refractivity contribution in [3.63, 3.8) is 0 Å². The van der Waals surface area contributed by atoms with Gasteiger partial charge in [0.2, 0.25) is 0 Å². The van der Waals surface area contributed by atoms with Crippen LogP contribution in [0.2, 0.25) is 0 Å². The summed E-state index contributed by atoms with van der Waals surface area (Å²) < 4.78 is 11.8. The standard InChI is InChI=1S/C20H21BO6/c22-10-19(11-23)20(12-24,13-25)27-21(26-19)18-7-3-6-16-8-14-4-1-2-5-15(14)9-17(16)18/h1-9,22-25H,10-13H2. The largest absolute Gasteiger partial charge is 0.495 e. The van der Waals surface area contributed by atoms with Crippen molar-refractivity contribution in [1.82, 2.24) is 0 Å². The molecule has 0 spiro atoms. The number of fused-ring (bicyclic) bond motifs is 2. The zero-order valence-corrected chi connectivity index (χ0v) is 14.7. The van der Waals surface area contributed by atoms with Crippen LogP contribution in [0.4, 0.5) is 0 Å². The molecule has 27 heavy (non-hydrogen) atoms. The van der Waals surface area contributed by atoms with Gasteiger partial charge in [0.15, 0.2) is 0 Å². The fraction of sp³-hybridized carbons (Fsp3) is 0.300. The normalized spacial score (nSPS) is 18.4. The number of aliphatic hydroxyl groups is 4. The van der Waals surface area contributed by atoms with Crippen molar-refractivity contribution in [1.29, 1.82) is 0 Å². The zero-order valence-electron chi connectivity index (χ0n) is 14.7. The molecule has 1 aliphatic heterocycles. The van der Waals surface area contributed by atoms with Crippen LogP contribution < -0.4 is 5.46 Å². The molecule has 0 radical (unpaired) electrons. The Hall–Kier alpha value is -2.00. The average Bonchev–Trinajstić information content (AvgIpc) is 3.07. The van der Waals surface area contributed by atoms with E-state index in [-0.39, 0.29) is 0 Å². The summed E-state index contributed by atoms with van der Waals surface area (Å²) in [5, 5.41) is 43.4. The second-order valence-corrected chi connectivity index (χ2v) is 6.96. The Morgan fingerprint density at radius 1 is 0.667 bits per heavy atom. The van der Waals surface area contributed by atoms with Gasteiger partial charge in [0.25, 0.3) is 0 Å². The molecule has 1 aliphatic rings. The molecule has 0 unspecified atom stereocenters. The van der Waals surface area contributed by atoms with E-state index in [0.29, 0.717) is 5.46 Å². The minimum absolute atomic E-state index is 0.602. The van der Waals surface area contributed by atoms with Crippen LogP contribution in [0.1, 0.15) is 0 Å². The lowest BCUT2D eigenvalue weighted by atomic mass is 9.76. The quantitative estimate of drug-likeness (QED) is 0.379. The van der Waals surface area contributed by atoms with Crippen molar-refractivity contribution >= 4 is 34.1 Å². The van der Waals surface area contributed by atoms with E-state index >= 15 is 0 Å². The van der Waals surface area contributed by atoms with Crippen LogP contribution in [0.25, 0.3) is 21.5 Å². The van der Waals surface area contributed by atoms with Crippen molar-refractivity contribution in [2.24, 2.45) is 0 Å². The number of benzene rings is 3. The van der Waals surface area contributed by atoms with Crippen LogP contribution in [0.5, 0.6) is 0 Å². The van der Waals surface area contributed by atoms with Crippen molar-refractivity contribution in [3.8, 4) is 0 Å². The van der Waals surface area contributed by atoms with Crippen LogP contribution in [0.3, 0.4) is 0 Å². The Balaban J connectivity index is 1.86. The molecule has 1 heterocycles. The van der Waals surface area contributed by atoms with Gasteiger partial charge in [-0.15, -0.1) is 0 Å². The van der Waals surface area contributed by atoms with Crippen molar-refractivity contribution in [3.05, 3.63) is 54.6 Å². The maximum atomic E-state index is 9.85. The minimum Gasteiger partial charge on any atom is -0.394 e. The summed E-state index contributed by atoms with van der Waals surface area (Å²) >= 11 is 0. The summed E-state index contributed by atoms with van der Waals surface area (Å²) in [7, 11) is -0.950. The van der Waals surface area contributed by atoms with Gasteiger partial charge in [0.05, 0.1) is 26.4 Å². The first-order valence-electron chi connectivity index (χ1n) is 8.82. The first kappa shape index (κ1) is 18.4. The highest BCUT2D eigenvalue weighted by Crippen LogP contribution is 2.38. The summed E-state index contributed by atoms with van der Waals surface area (Å²) in [5.41, 5.74) is -2.52. The second-order valence-electron chi connectivity index (χ2n) is 6.96. The fourth-order valence-corrected chi connectivity index (χ4v) is 3.80. The summed E-state index contributed by atoms with van der Waals surface area (Å²) in [6, 6.07) is 17.8. The number of rotatable bonds is 5. The third-order valence-electron chi connectivity index (χ3n) is 5.55. The van der Waals surface area contributed by atoms with Crippen molar-refractivity contribution in [2.45, 2.75) is 11.2 Å². The summed E-state index contributed by atoms with van der Waals surface area (Å²) in [6.07, 6.45) is 0. The molecule has 0 saturated carbocycles. The monoisotopic (exact) mass is 368 g/mol. The van der Waals surface area contributed by atoms with Crippen LogP contribution in [-0.2, 0) is 9.31 Å². The third kappa shape index (κ3) is 2.67. The second kappa shape index (κ2) is 6.87. The van der Waals surface area contributed by atoms with Gasteiger partial charge in [-0.3, -0.25) is 0 Å². The number of hydrogen-bond donors (Lipinski definition) is 4. The summed E-state index contributed by atoms with van der Waals surface area (Å²) in [5.74, 6) is 0. The smallest absolute Gasteiger partial charge is 0.394 e. The molecule has 0 amide bonds. The lowest BCUT2D eigenvalue weighted by Gasteiger charge is -2.39. The lowest BCUT2D eigenvalue weighted by molar-refractivity contribution is -0.147.